The van der Waals surface area contributed by atoms with E-state index in [-0.39, 0.29) is 6.04 Å². The number of nitrogens with zero attached hydrogens (tertiary/aromatic N) is 1. The van der Waals surface area contributed by atoms with Gasteiger partial charge in [0, 0.05) is 29.8 Å². The summed E-state index contributed by atoms with van der Waals surface area (Å²) in [7, 11) is 2.11. The molecule has 1 unspecified atom stereocenters. The van der Waals surface area contributed by atoms with E-state index in [1.165, 1.54) is 11.3 Å². The molecular formula is C12H19BrN2. The molecule has 1 aromatic rings. The predicted octanol–water partition coefficient (Wildman–Crippen LogP) is 3.32. The van der Waals surface area contributed by atoms with Crippen molar-refractivity contribution in [1.82, 2.24) is 0 Å². The largest absolute Gasteiger partial charge is 0.374 e. The summed E-state index contributed by atoms with van der Waals surface area (Å²) in [6, 6.07) is 6.36. The van der Waals surface area contributed by atoms with Crippen molar-refractivity contribution in [2.45, 2.75) is 26.3 Å². The third-order valence-corrected chi connectivity index (χ3v) is 2.94. The van der Waals surface area contributed by atoms with Crippen molar-refractivity contribution in [2.75, 3.05) is 18.5 Å². The topological polar surface area (TPSA) is 29.3 Å². The van der Waals surface area contributed by atoms with Gasteiger partial charge in [0.25, 0.3) is 0 Å². The number of nitrogens with two attached hydrogens (primary N) is 1. The van der Waals surface area contributed by atoms with Crippen molar-refractivity contribution in [3.8, 4) is 0 Å². The van der Waals surface area contributed by atoms with Crippen molar-refractivity contribution < 1.29 is 0 Å². The summed E-state index contributed by atoms with van der Waals surface area (Å²) in [4.78, 5) is 2.26. The van der Waals surface area contributed by atoms with Gasteiger partial charge in [0.1, 0.15) is 0 Å². The Morgan fingerprint density at radius 2 is 2.13 bits per heavy atom. The molecule has 2 N–H and O–H groups in total. The second kappa shape index (κ2) is 5.52. The van der Waals surface area contributed by atoms with Crippen LogP contribution < -0.4 is 10.6 Å². The molecule has 0 saturated carbocycles. The standard InChI is InChI=1S/C12H19BrN2/c1-4-7-15(3)12-6-5-10(13)8-11(12)9(2)14/h5-6,8-9H,4,7,14H2,1-3H3. The highest BCUT2D eigenvalue weighted by Crippen LogP contribution is 2.27. The van der Waals surface area contributed by atoms with Crippen molar-refractivity contribution >= 4 is 21.6 Å². The van der Waals surface area contributed by atoms with Crippen molar-refractivity contribution in [2.24, 2.45) is 5.73 Å². The average Bonchev–Trinajstić information content (AvgIpc) is 2.17. The van der Waals surface area contributed by atoms with Crippen LogP contribution in [0.3, 0.4) is 0 Å². The Hall–Kier alpha value is -0.540. The maximum absolute atomic E-state index is 5.97. The van der Waals surface area contributed by atoms with E-state index >= 15 is 0 Å². The molecule has 0 heterocycles. The molecule has 0 amide bonds. The smallest absolute Gasteiger partial charge is 0.0412 e. The fourth-order valence-corrected chi connectivity index (χ4v) is 2.07. The van der Waals surface area contributed by atoms with Crippen LogP contribution in [0.25, 0.3) is 0 Å². The SMILES string of the molecule is CCCN(C)c1ccc(Br)cc1C(C)N. The van der Waals surface area contributed by atoms with E-state index in [1.807, 2.05) is 6.92 Å². The molecule has 1 aromatic carbocycles. The molecule has 0 aliphatic rings. The molecule has 0 spiro atoms. The molecule has 0 radical (unpaired) electrons. The van der Waals surface area contributed by atoms with Gasteiger partial charge in [-0.2, -0.15) is 0 Å². The van der Waals surface area contributed by atoms with Gasteiger partial charge in [-0.25, -0.2) is 0 Å². The van der Waals surface area contributed by atoms with Gasteiger partial charge < -0.3 is 10.6 Å². The number of hydrogen-bond acceptors (Lipinski definition) is 2. The first-order chi connectivity index (χ1) is 7.06. The molecular weight excluding hydrogens is 252 g/mol. The normalized spacial score (nSPS) is 12.6. The maximum atomic E-state index is 5.97. The van der Waals surface area contributed by atoms with Gasteiger partial charge in [-0.15, -0.1) is 0 Å². The summed E-state index contributed by atoms with van der Waals surface area (Å²) in [6.45, 7) is 5.26. The fraction of sp³-hybridized carbons (Fsp3) is 0.500. The average molecular weight is 271 g/mol. The van der Waals surface area contributed by atoms with E-state index in [4.69, 9.17) is 5.73 Å². The van der Waals surface area contributed by atoms with Crippen molar-refractivity contribution in [3.63, 3.8) is 0 Å². The van der Waals surface area contributed by atoms with Gasteiger partial charge in [-0.3, -0.25) is 0 Å². The van der Waals surface area contributed by atoms with Crippen LogP contribution in [0.4, 0.5) is 5.69 Å². The van der Waals surface area contributed by atoms with Crippen LogP contribution in [-0.4, -0.2) is 13.6 Å². The van der Waals surface area contributed by atoms with E-state index in [2.05, 4.69) is 53.0 Å². The number of benzene rings is 1. The summed E-state index contributed by atoms with van der Waals surface area (Å²) in [5, 5.41) is 0. The van der Waals surface area contributed by atoms with Gasteiger partial charge in [-0.05, 0) is 37.1 Å². The van der Waals surface area contributed by atoms with Gasteiger partial charge in [-0.1, -0.05) is 22.9 Å². The first kappa shape index (κ1) is 12.5. The minimum absolute atomic E-state index is 0.0665. The van der Waals surface area contributed by atoms with E-state index in [1.54, 1.807) is 0 Å². The minimum Gasteiger partial charge on any atom is -0.374 e. The lowest BCUT2D eigenvalue weighted by molar-refractivity contribution is 0.790. The fourth-order valence-electron chi connectivity index (χ4n) is 1.69. The zero-order chi connectivity index (χ0) is 11.4. The zero-order valence-corrected chi connectivity index (χ0v) is 11.2. The highest BCUT2D eigenvalue weighted by Gasteiger charge is 2.10. The van der Waals surface area contributed by atoms with Crippen LogP contribution in [0.15, 0.2) is 22.7 Å². The Bertz CT molecular complexity index is 323. The Labute approximate surface area is 101 Å². The van der Waals surface area contributed by atoms with Crippen LogP contribution in [0, 0.1) is 0 Å². The summed E-state index contributed by atoms with van der Waals surface area (Å²) >= 11 is 3.48. The lowest BCUT2D eigenvalue weighted by atomic mass is 10.1. The van der Waals surface area contributed by atoms with E-state index in [9.17, 15) is 0 Å². The zero-order valence-electron chi connectivity index (χ0n) is 9.63. The molecule has 15 heavy (non-hydrogen) atoms. The quantitative estimate of drug-likeness (QED) is 0.910. The highest BCUT2D eigenvalue weighted by atomic mass is 79.9. The van der Waals surface area contributed by atoms with Crippen molar-refractivity contribution in [3.05, 3.63) is 28.2 Å². The molecule has 0 saturated heterocycles. The molecule has 0 aromatic heterocycles. The Morgan fingerprint density at radius 3 is 2.67 bits per heavy atom. The lowest BCUT2D eigenvalue weighted by Crippen LogP contribution is -2.21. The molecule has 0 bridgehead atoms. The minimum atomic E-state index is 0.0665. The summed E-state index contributed by atoms with van der Waals surface area (Å²) < 4.78 is 1.09. The summed E-state index contributed by atoms with van der Waals surface area (Å²) in [5.41, 5.74) is 8.40. The predicted molar refractivity (Wildman–Crippen MR) is 70.3 cm³/mol. The summed E-state index contributed by atoms with van der Waals surface area (Å²) in [6.07, 6.45) is 1.14. The highest BCUT2D eigenvalue weighted by molar-refractivity contribution is 9.10. The molecule has 1 rings (SSSR count). The van der Waals surface area contributed by atoms with Crippen LogP contribution in [0.2, 0.25) is 0 Å². The molecule has 1 atom stereocenters. The molecule has 84 valence electrons. The Balaban J connectivity index is 3.05. The van der Waals surface area contributed by atoms with Gasteiger partial charge in [0.2, 0.25) is 0 Å². The maximum Gasteiger partial charge on any atom is 0.0412 e. The number of hydrogen-bond donors (Lipinski definition) is 1. The molecule has 0 aliphatic carbocycles. The second-order valence-electron chi connectivity index (χ2n) is 3.91. The second-order valence-corrected chi connectivity index (χ2v) is 4.83. The van der Waals surface area contributed by atoms with E-state index in [0.29, 0.717) is 0 Å². The molecule has 3 heteroatoms. The van der Waals surface area contributed by atoms with Crippen LogP contribution in [0.5, 0.6) is 0 Å². The number of anilines is 1. The van der Waals surface area contributed by atoms with Gasteiger partial charge >= 0.3 is 0 Å². The summed E-state index contributed by atoms with van der Waals surface area (Å²) in [5.74, 6) is 0. The molecule has 0 fully saturated rings. The monoisotopic (exact) mass is 270 g/mol. The molecule has 2 nitrogen and oxygen atoms in total. The van der Waals surface area contributed by atoms with E-state index < -0.39 is 0 Å². The Morgan fingerprint density at radius 1 is 1.47 bits per heavy atom. The first-order valence-electron chi connectivity index (χ1n) is 5.32. The number of halogens is 1. The van der Waals surface area contributed by atoms with Crippen molar-refractivity contribution in [1.29, 1.82) is 0 Å². The van der Waals surface area contributed by atoms with Gasteiger partial charge in [0.05, 0.1) is 0 Å². The number of rotatable bonds is 4. The first-order valence-corrected chi connectivity index (χ1v) is 6.11. The Kier molecular flexibility index (Phi) is 4.61. The van der Waals surface area contributed by atoms with Crippen LogP contribution >= 0.6 is 15.9 Å². The third-order valence-electron chi connectivity index (χ3n) is 2.45. The molecule has 0 aliphatic heterocycles. The van der Waals surface area contributed by atoms with E-state index in [0.717, 1.165) is 17.4 Å². The van der Waals surface area contributed by atoms with Crippen LogP contribution in [0.1, 0.15) is 31.9 Å². The third kappa shape index (κ3) is 3.21. The van der Waals surface area contributed by atoms with Crippen LogP contribution in [-0.2, 0) is 0 Å². The van der Waals surface area contributed by atoms with Gasteiger partial charge in [0.15, 0.2) is 0 Å². The lowest BCUT2D eigenvalue weighted by Gasteiger charge is -2.23.